The lowest BCUT2D eigenvalue weighted by Gasteiger charge is -2.12. The van der Waals surface area contributed by atoms with Gasteiger partial charge in [0.1, 0.15) is 17.2 Å². The van der Waals surface area contributed by atoms with Crippen molar-refractivity contribution in [1.82, 2.24) is 15.1 Å². The van der Waals surface area contributed by atoms with Gasteiger partial charge in [0.2, 0.25) is 5.91 Å². The first-order chi connectivity index (χ1) is 16.4. The van der Waals surface area contributed by atoms with Crippen LogP contribution in [0.1, 0.15) is 6.92 Å². The van der Waals surface area contributed by atoms with E-state index >= 15 is 0 Å². The van der Waals surface area contributed by atoms with Crippen LogP contribution in [0.5, 0.6) is 17.2 Å². The van der Waals surface area contributed by atoms with Crippen molar-refractivity contribution in [3.63, 3.8) is 0 Å². The molecule has 2 N–H and O–H groups in total. The van der Waals surface area contributed by atoms with Crippen molar-refractivity contribution in [3.05, 3.63) is 65.0 Å². The van der Waals surface area contributed by atoms with Gasteiger partial charge in [-0.05, 0) is 36.4 Å². The molecule has 10 heteroatoms. The Morgan fingerprint density at radius 2 is 1.82 bits per heavy atom. The van der Waals surface area contributed by atoms with E-state index in [9.17, 15) is 14.4 Å². The molecule has 10 nitrogen and oxygen atoms in total. The lowest BCUT2D eigenvalue weighted by atomic mass is 10.1. The molecule has 178 valence electrons. The minimum absolute atomic E-state index is 0.169. The Morgan fingerprint density at radius 3 is 2.56 bits per heavy atom. The van der Waals surface area contributed by atoms with Crippen LogP contribution in [0, 0.1) is 0 Å². The molecule has 0 atom stereocenters. The van der Waals surface area contributed by atoms with Crippen molar-refractivity contribution in [1.29, 1.82) is 0 Å². The van der Waals surface area contributed by atoms with Crippen molar-refractivity contribution in [2.75, 3.05) is 32.7 Å². The number of aromatic nitrogens is 2. The Hall–Kier alpha value is -4.34. The summed E-state index contributed by atoms with van der Waals surface area (Å²) in [4.78, 5) is 35.6. The van der Waals surface area contributed by atoms with Crippen molar-refractivity contribution in [2.45, 2.75) is 13.5 Å². The second kappa shape index (κ2) is 11.5. The molecule has 0 aliphatic rings. The Bertz CT molecular complexity index is 1220. The van der Waals surface area contributed by atoms with Crippen LogP contribution in [-0.2, 0) is 16.1 Å². The third-order valence-corrected chi connectivity index (χ3v) is 4.72. The highest BCUT2D eigenvalue weighted by Crippen LogP contribution is 2.31. The number of rotatable bonds is 10. The normalized spacial score (nSPS) is 10.3. The molecule has 0 fully saturated rings. The number of nitrogens with zero attached hydrogens (tertiary/aromatic N) is 2. The van der Waals surface area contributed by atoms with Gasteiger partial charge in [-0.15, -0.1) is 0 Å². The van der Waals surface area contributed by atoms with Crippen molar-refractivity contribution in [3.8, 4) is 28.5 Å². The summed E-state index contributed by atoms with van der Waals surface area (Å²) in [6.07, 6.45) is 0. The predicted octanol–water partition coefficient (Wildman–Crippen LogP) is 2.08. The van der Waals surface area contributed by atoms with E-state index in [0.717, 1.165) is 0 Å². The van der Waals surface area contributed by atoms with E-state index in [4.69, 9.17) is 14.2 Å². The number of amides is 2. The first-order valence-electron chi connectivity index (χ1n) is 10.5. The maximum Gasteiger partial charge on any atom is 0.266 e. The van der Waals surface area contributed by atoms with Gasteiger partial charge in [-0.1, -0.05) is 6.07 Å². The summed E-state index contributed by atoms with van der Waals surface area (Å²) in [5.41, 5.74) is 1.48. The first kappa shape index (κ1) is 24.3. The lowest BCUT2D eigenvalue weighted by Crippen LogP contribution is -2.34. The summed E-state index contributed by atoms with van der Waals surface area (Å²) in [6, 6.07) is 15.1. The Kier molecular flexibility index (Phi) is 8.22. The average molecular weight is 466 g/mol. The van der Waals surface area contributed by atoms with Crippen LogP contribution < -0.4 is 30.4 Å². The maximum absolute atomic E-state index is 12.3. The van der Waals surface area contributed by atoms with Gasteiger partial charge in [-0.25, -0.2) is 4.68 Å². The zero-order chi connectivity index (χ0) is 24.5. The molecule has 0 bridgehead atoms. The second-order valence-electron chi connectivity index (χ2n) is 7.19. The molecule has 3 aromatic rings. The van der Waals surface area contributed by atoms with Crippen LogP contribution in [-0.4, -0.2) is 49.0 Å². The molecule has 0 saturated heterocycles. The van der Waals surface area contributed by atoms with E-state index in [1.165, 1.54) is 17.7 Å². The molecule has 3 rings (SSSR count). The third-order valence-electron chi connectivity index (χ3n) is 4.72. The van der Waals surface area contributed by atoms with Crippen molar-refractivity contribution < 1.29 is 23.8 Å². The number of benzene rings is 2. The number of methoxy groups -OCH3 is 2. The van der Waals surface area contributed by atoms with Crippen LogP contribution in [0.2, 0.25) is 0 Å². The Morgan fingerprint density at radius 1 is 1.00 bits per heavy atom. The number of carbonyl (C=O) groups is 2. The summed E-state index contributed by atoms with van der Waals surface area (Å²) < 4.78 is 17.4. The van der Waals surface area contributed by atoms with E-state index in [0.29, 0.717) is 34.2 Å². The quantitative estimate of drug-likeness (QED) is 0.469. The van der Waals surface area contributed by atoms with Crippen LogP contribution >= 0.6 is 0 Å². The summed E-state index contributed by atoms with van der Waals surface area (Å²) in [5, 5.41) is 9.75. The SMILES string of the molecule is COc1ccc(OC)c(-c2ccc(=O)n(CCNC(=O)COc3cccc(NC(C)=O)c3)n2)c1. The molecule has 0 unspecified atom stereocenters. The minimum atomic E-state index is -0.358. The third kappa shape index (κ3) is 6.58. The van der Waals surface area contributed by atoms with Crippen molar-refractivity contribution >= 4 is 17.5 Å². The molecular weight excluding hydrogens is 440 g/mol. The number of hydrogen-bond acceptors (Lipinski definition) is 7. The molecule has 34 heavy (non-hydrogen) atoms. The standard InChI is InChI=1S/C24H26N4O6/c1-16(29)26-17-5-4-6-19(13-17)34-15-23(30)25-11-12-28-24(31)10-8-21(27-28)20-14-18(32-2)7-9-22(20)33-3/h4-10,13-14H,11-12,15H2,1-3H3,(H,25,30)(H,26,29). The Balaban J connectivity index is 1.59. The molecule has 1 aromatic heterocycles. The summed E-state index contributed by atoms with van der Waals surface area (Å²) in [6.45, 7) is 1.54. The smallest absolute Gasteiger partial charge is 0.266 e. The number of carbonyl (C=O) groups excluding carboxylic acids is 2. The average Bonchev–Trinajstić information content (AvgIpc) is 2.83. The van der Waals surface area contributed by atoms with Gasteiger partial charge in [-0.2, -0.15) is 5.10 Å². The van der Waals surface area contributed by atoms with Crippen LogP contribution in [0.25, 0.3) is 11.3 Å². The van der Waals surface area contributed by atoms with Gasteiger partial charge < -0.3 is 24.8 Å². The molecule has 0 radical (unpaired) electrons. The molecule has 2 aromatic carbocycles. The summed E-state index contributed by atoms with van der Waals surface area (Å²) in [5.74, 6) is 1.10. The minimum Gasteiger partial charge on any atom is -0.497 e. The zero-order valence-corrected chi connectivity index (χ0v) is 19.2. The van der Waals surface area contributed by atoms with Crippen LogP contribution in [0.4, 0.5) is 5.69 Å². The van der Waals surface area contributed by atoms with E-state index in [-0.39, 0.29) is 37.1 Å². The van der Waals surface area contributed by atoms with Gasteiger partial charge >= 0.3 is 0 Å². The van der Waals surface area contributed by atoms with Gasteiger partial charge in [0.25, 0.3) is 11.5 Å². The van der Waals surface area contributed by atoms with E-state index in [1.807, 2.05) is 0 Å². The molecule has 0 saturated carbocycles. The van der Waals surface area contributed by atoms with Crippen LogP contribution in [0.15, 0.2) is 59.4 Å². The predicted molar refractivity (Wildman–Crippen MR) is 126 cm³/mol. The molecule has 0 aliphatic carbocycles. The van der Waals surface area contributed by atoms with E-state index in [1.54, 1.807) is 62.8 Å². The van der Waals surface area contributed by atoms with Gasteiger partial charge in [0, 0.05) is 36.9 Å². The lowest BCUT2D eigenvalue weighted by molar-refractivity contribution is -0.123. The summed E-state index contributed by atoms with van der Waals surface area (Å²) in [7, 11) is 3.11. The number of anilines is 1. The zero-order valence-electron chi connectivity index (χ0n) is 19.2. The monoisotopic (exact) mass is 466 g/mol. The molecule has 0 aliphatic heterocycles. The number of nitrogens with one attached hydrogen (secondary N) is 2. The summed E-state index contributed by atoms with van der Waals surface area (Å²) >= 11 is 0. The highest BCUT2D eigenvalue weighted by atomic mass is 16.5. The first-order valence-corrected chi connectivity index (χ1v) is 10.5. The van der Waals surface area contributed by atoms with E-state index in [2.05, 4.69) is 15.7 Å². The molecular formula is C24H26N4O6. The Labute approximate surface area is 196 Å². The highest BCUT2D eigenvalue weighted by molar-refractivity contribution is 5.88. The molecule has 1 heterocycles. The van der Waals surface area contributed by atoms with Gasteiger partial charge in [-0.3, -0.25) is 14.4 Å². The number of hydrogen-bond donors (Lipinski definition) is 2. The fourth-order valence-corrected chi connectivity index (χ4v) is 3.14. The topological polar surface area (TPSA) is 121 Å². The van der Waals surface area contributed by atoms with Crippen molar-refractivity contribution in [2.24, 2.45) is 0 Å². The fraction of sp³-hybridized carbons (Fsp3) is 0.250. The van der Waals surface area contributed by atoms with E-state index < -0.39 is 0 Å². The molecule has 0 spiro atoms. The fourth-order valence-electron chi connectivity index (χ4n) is 3.14. The van der Waals surface area contributed by atoms with Gasteiger partial charge in [0.15, 0.2) is 6.61 Å². The van der Waals surface area contributed by atoms with Gasteiger partial charge in [0.05, 0.1) is 26.5 Å². The number of ether oxygens (including phenoxy) is 3. The highest BCUT2D eigenvalue weighted by Gasteiger charge is 2.11. The second-order valence-corrected chi connectivity index (χ2v) is 7.19. The van der Waals surface area contributed by atoms with Crippen LogP contribution in [0.3, 0.4) is 0 Å². The molecule has 2 amide bonds. The largest absolute Gasteiger partial charge is 0.497 e. The maximum atomic E-state index is 12.3.